The van der Waals surface area contributed by atoms with E-state index in [2.05, 4.69) is 21.2 Å². The number of nitrogens with zero attached hydrogens (tertiary/aromatic N) is 3. The number of hydrogen-bond donors (Lipinski definition) is 1. The van der Waals surface area contributed by atoms with Crippen LogP contribution in [-0.4, -0.2) is 56.9 Å². The monoisotopic (exact) mass is 420 g/mol. The third kappa shape index (κ3) is 4.70. The Hall–Kier alpha value is -2.42. The molecule has 3 rings (SSSR count). The Bertz CT molecular complexity index is 955. The molecule has 1 aromatic carbocycles. The summed E-state index contributed by atoms with van der Waals surface area (Å²) in [6.07, 6.45) is 3.06. The Morgan fingerprint density at radius 3 is 2.61 bits per heavy atom. The number of rotatable bonds is 6. The van der Waals surface area contributed by atoms with Crippen LogP contribution < -0.4 is 9.62 Å². The van der Waals surface area contributed by atoms with Crippen molar-refractivity contribution in [2.45, 2.75) is 4.90 Å². The van der Waals surface area contributed by atoms with Crippen molar-refractivity contribution >= 4 is 33.3 Å². The molecule has 28 heavy (non-hydrogen) atoms. The topological polar surface area (TPSA) is 82.6 Å². The molecular formula is C19H21ClN4O3S. The second-order valence-electron chi connectivity index (χ2n) is 6.28. The van der Waals surface area contributed by atoms with Crippen LogP contribution in [0.4, 0.5) is 5.82 Å². The molecule has 0 saturated carbocycles. The number of benzene rings is 1. The Morgan fingerprint density at radius 2 is 1.96 bits per heavy atom. The van der Waals surface area contributed by atoms with Gasteiger partial charge < -0.3 is 9.80 Å². The van der Waals surface area contributed by atoms with Crippen molar-refractivity contribution in [3.8, 4) is 0 Å². The Balaban J connectivity index is 1.67. The summed E-state index contributed by atoms with van der Waals surface area (Å²) in [5.41, 5.74) is 0.347. The second kappa shape index (κ2) is 8.72. The summed E-state index contributed by atoms with van der Waals surface area (Å²) >= 11 is 5.87. The van der Waals surface area contributed by atoms with Crippen LogP contribution in [0.25, 0.3) is 0 Å². The highest BCUT2D eigenvalue weighted by Gasteiger charge is 2.24. The zero-order valence-corrected chi connectivity index (χ0v) is 16.8. The summed E-state index contributed by atoms with van der Waals surface area (Å²) < 4.78 is 26.9. The maximum absolute atomic E-state index is 12.8. The summed E-state index contributed by atoms with van der Waals surface area (Å²) in [7, 11) is -3.68. The number of halogens is 1. The minimum atomic E-state index is -3.68. The van der Waals surface area contributed by atoms with Gasteiger partial charge in [-0.1, -0.05) is 23.7 Å². The fraction of sp³-hybridized carbons (Fsp3) is 0.263. The minimum Gasteiger partial charge on any atom is -0.353 e. The molecule has 1 aliphatic heterocycles. The van der Waals surface area contributed by atoms with E-state index in [-0.39, 0.29) is 17.3 Å². The van der Waals surface area contributed by atoms with Crippen LogP contribution in [0.2, 0.25) is 5.02 Å². The standard InChI is InChI=1S/C19H21ClN4O3S/c1-2-8-22-28(26,27)17-5-3-4-15(13-17)19(25)24-11-9-23(10-12-24)18-7-6-16(20)14-21-18/h2-7,13-14,22H,1,8-12H2. The molecule has 1 amide bonds. The van der Waals surface area contributed by atoms with Crippen molar-refractivity contribution in [1.82, 2.24) is 14.6 Å². The highest BCUT2D eigenvalue weighted by atomic mass is 35.5. The third-order valence-electron chi connectivity index (χ3n) is 4.41. The van der Waals surface area contributed by atoms with Crippen LogP contribution in [0, 0.1) is 0 Å². The molecule has 2 aromatic rings. The number of nitrogens with one attached hydrogen (secondary N) is 1. The Labute approximate surface area is 169 Å². The third-order valence-corrected chi connectivity index (χ3v) is 6.06. The van der Waals surface area contributed by atoms with Gasteiger partial charge in [-0.3, -0.25) is 4.79 Å². The predicted octanol–water partition coefficient (Wildman–Crippen LogP) is 2.16. The van der Waals surface area contributed by atoms with Gasteiger partial charge in [-0.25, -0.2) is 18.1 Å². The second-order valence-corrected chi connectivity index (χ2v) is 8.49. The molecule has 1 N–H and O–H groups in total. The molecule has 0 atom stereocenters. The van der Waals surface area contributed by atoms with Crippen molar-refractivity contribution < 1.29 is 13.2 Å². The molecule has 1 fully saturated rings. The average Bonchev–Trinajstić information content (AvgIpc) is 2.72. The molecule has 7 nitrogen and oxygen atoms in total. The van der Waals surface area contributed by atoms with Crippen molar-refractivity contribution in [2.24, 2.45) is 0 Å². The number of sulfonamides is 1. The van der Waals surface area contributed by atoms with E-state index in [0.29, 0.717) is 36.8 Å². The number of carbonyl (C=O) groups is 1. The van der Waals surface area contributed by atoms with E-state index >= 15 is 0 Å². The van der Waals surface area contributed by atoms with Crippen LogP contribution in [0.5, 0.6) is 0 Å². The van der Waals surface area contributed by atoms with Crippen LogP contribution in [0.3, 0.4) is 0 Å². The Morgan fingerprint density at radius 1 is 1.21 bits per heavy atom. The first kappa shape index (κ1) is 20.3. The molecule has 0 unspecified atom stereocenters. The van der Waals surface area contributed by atoms with Gasteiger partial charge in [0.25, 0.3) is 5.91 Å². The minimum absolute atomic E-state index is 0.0594. The molecular weight excluding hydrogens is 400 g/mol. The summed E-state index contributed by atoms with van der Waals surface area (Å²) in [6.45, 7) is 5.94. The van der Waals surface area contributed by atoms with E-state index in [1.165, 1.54) is 18.2 Å². The fourth-order valence-corrected chi connectivity index (χ4v) is 4.08. The van der Waals surface area contributed by atoms with Crippen LogP contribution in [0.15, 0.2) is 60.1 Å². The quantitative estimate of drug-likeness (QED) is 0.724. The summed E-state index contributed by atoms with van der Waals surface area (Å²) in [4.78, 5) is 21.0. The molecule has 0 bridgehead atoms. The number of anilines is 1. The van der Waals surface area contributed by atoms with Gasteiger partial charge in [-0.15, -0.1) is 6.58 Å². The molecule has 1 aliphatic rings. The zero-order valence-electron chi connectivity index (χ0n) is 15.2. The van der Waals surface area contributed by atoms with E-state index in [4.69, 9.17) is 11.6 Å². The average molecular weight is 421 g/mol. The number of carbonyl (C=O) groups excluding carboxylic acids is 1. The van der Waals surface area contributed by atoms with Gasteiger partial charge in [0.05, 0.1) is 9.92 Å². The lowest BCUT2D eigenvalue weighted by atomic mass is 10.2. The maximum Gasteiger partial charge on any atom is 0.254 e. The van der Waals surface area contributed by atoms with Crippen molar-refractivity contribution in [3.05, 3.63) is 65.8 Å². The predicted molar refractivity (Wildman–Crippen MR) is 109 cm³/mol. The molecule has 148 valence electrons. The molecule has 0 spiro atoms. The first-order valence-corrected chi connectivity index (χ1v) is 10.6. The number of aromatic nitrogens is 1. The van der Waals surface area contributed by atoms with E-state index in [9.17, 15) is 13.2 Å². The number of hydrogen-bond acceptors (Lipinski definition) is 5. The Kier molecular flexibility index (Phi) is 6.33. The molecule has 0 aliphatic carbocycles. The molecule has 9 heteroatoms. The lowest BCUT2D eigenvalue weighted by molar-refractivity contribution is 0.0746. The summed E-state index contributed by atoms with van der Waals surface area (Å²) in [5, 5.41) is 0.579. The molecule has 2 heterocycles. The van der Waals surface area contributed by atoms with Gasteiger partial charge in [0.1, 0.15) is 5.82 Å². The van der Waals surface area contributed by atoms with Crippen molar-refractivity contribution in [1.29, 1.82) is 0 Å². The van der Waals surface area contributed by atoms with Gasteiger partial charge in [-0.05, 0) is 30.3 Å². The van der Waals surface area contributed by atoms with Gasteiger partial charge in [0.15, 0.2) is 0 Å². The lowest BCUT2D eigenvalue weighted by Gasteiger charge is -2.35. The first-order valence-electron chi connectivity index (χ1n) is 8.77. The van der Waals surface area contributed by atoms with Crippen LogP contribution >= 0.6 is 11.6 Å². The van der Waals surface area contributed by atoms with Gasteiger partial charge in [0, 0.05) is 44.5 Å². The van der Waals surface area contributed by atoms with E-state index in [0.717, 1.165) is 5.82 Å². The fourth-order valence-electron chi connectivity index (χ4n) is 2.92. The molecule has 1 aromatic heterocycles. The SMILES string of the molecule is C=CCNS(=O)(=O)c1cccc(C(=O)N2CCN(c3ccc(Cl)cn3)CC2)c1. The number of pyridine rings is 1. The van der Waals surface area contributed by atoms with E-state index in [1.807, 2.05) is 6.07 Å². The number of piperazine rings is 1. The van der Waals surface area contributed by atoms with Crippen LogP contribution in [0.1, 0.15) is 10.4 Å². The molecule has 1 saturated heterocycles. The highest BCUT2D eigenvalue weighted by Crippen LogP contribution is 2.18. The smallest absolute Gasteiger partial charge is 0.254 e. The number of amides is 1. The zero-order chi connectivity index (χ0) is 20.1. The van der Waals surface area contributed by atoms with E-state index < -0.39 is 10.0 Å². The molecule has 0 radical (unpaired) electrons. The highest BCUT2D eigenvalue weighted by molar-refractivity contribution is 7.89. The van der Waals surface area contributed by atoms with Gasteiger partial charge in [-0.2, -0.15) is 0 Å². The largest absolute Gasteiger partial charge is 0.353 e. The van der Waals surface area contributed by atoms with Gasteiger partial charge >= 0.3 is 0 Å². The first-order chi connectivity index (χ1) is 13.4. The van der Waals surface area contributed by atoms with Crippen molar-refractivity contribution in [2.75, 3.05) is 37.6 Å². The van der Waals surface area contributed by atoms with Gasteiger partial charge in [0.2, 0.25) is 10.0 Å². The van der Waals surface area contributed by atoms with E-state index in [1.54, 1.807) is 29.3 Å². The van der Waals surface area contributed by atoms with Crippen LogP contribution in [-0.2, 0) is 10.0 Å². The summed E-state index contributed by atoms with van der Waals surface area (Å²) in [6, 6.07) is 9.71. The van der Waals surface area contributed by atoms with Crippen molar-refractivity contribution in [3.63, 3.8) is 0 Å². The normalized spacial score (nSPS) is 14.8. The summed E-state index contributed by atoms with van der Waals surface area (Å²) in [5.74, 6) is 0.627. The maximum atomic E-state index is 12.8. The lowest BCUT2D eigenvalue weighted by Crippen LogP contribution is -2.49.